The van der Waals surface area contributed by atoms with Gasteiger partial charge in [-0.15, -0.1) is 11.8 Å². The first-order chi connectivity index (χ1) is 9.72. The van der Waals surface area contributed by atoms with E-state index in [1.165, 1.54) is 0 Å². The smallest absolute Gasteiger partial charge is 0.346 e. The molecule has 0 spiro atoms. The third-order valence-corrected chi connectivity index (χ3v) is 3.37. The average Bonchev–Trinajstić information content (AvgIpc) is 2.48. The van der Waals surface area contributed by atoms with Gasteiger partial charge in [0.1, 0.15) is 10.7 Å². The van der Waals surface area contributed by atoms with Crippen molar-refractivity contribution in [1.82, 2.24) is 0 Å². The first-order valence-electron chi connectivity index (χ1n) is 6.02. The van der Waals surface area contributed by atoms with Crippen molar-refractivity contribution < 1.29 is 14.6 Å². The van der Waals surface area contributed by atoms with Gasteiger partial charge in [0.15, 0.2) is 5.76 Å². The van der Waals surface area contributed by atoms with Crippen LogP contribution in [0, 0.1) is 0 Å². The van der Waals surface area contributed by atoms with Crippen LogP contribution in [-0.2, 0) is 4.79 Å². The Morgan fingerprint density at radius 2 is 1.55 bits per heavy atom. The molecule has 0 aromatic heterocycles. The van der Waals surface area contributed by atoms with Crippen molar-refractivity contribution in [3.05, 3.63) is 71.1 Å². The summed E-state index contributed by atoms with van der Waals surface area (Å²) in [7, 11) is 0. The number of carboxylic acids is 1. The minimum absolute atomic E-state index is 0.181. The van der Waals surface area contributed by atoms with Crippen LogP contribution in [0.25, 0.3) is 5.76 Å². The van der Waals surface area contributed by atoms with E-state index in [2.05, 4.69) is 0 Å². The molecule has 0 aliphatic heterocycles. The van der Waals surface area contributed by atoms with Crippen molar-refractivity contribution in [3.8, 4) is 5.75 Å². The maximum Gasteiger partial charge on any atom is 0.346 e. The van der Waals surface area contributed by atoms with Gasteiger partial charge in [0.05, 0.1) is 0 Å². The van der Waals surface area contributed by atoms with Gasteiger partial charge in [-0.25, -0.2) is 4.79 Å². The summed E-state index contributed by atoms with van der Waals surface area (Å²) in [4.78, 5) is 11.6. The zero-order valence-electron chi connectivity index (χ0n) is 10.9. The van der Waals surface area contributed by atoms with Gasteiger partial charge in [-0.2, -0.15) is 0 Å². The van der Waals surface area contributed by atoms with Crippen molar-refractivity contribution >= 4 is 23.5 Å². The number of benzene rings is 2. The number of carboxylic acid groups (broad SMARTS) is 1. The fourth-order valence-electron chi connectivity index (χ4n) is 1.71. The molecule has 0 radical (unpaired) electrons. The molecule has 0 amide bonds. The standard InChI is InChI=1S/C16H14O3S/c1-20-15(16(17)18)14(12-8-4-2-5-9-12)19-13-10-6-3-7-11-13/h2-11H,1H3,(H,17,18)/b15-14-. The van der Waals surface area contributed by atoms with Crippen LogP contribution in [-0.4, -0.2) is 17.3 Å². The molecule has 0 aliphatic rings. The van der Waals surface area contributed by atoms with Crippen molar-refractivity contribution in [2.45, 2.75) is 0 Å². The molecule has 2 aromatic rings. The zero-order chi connectivity index (χ0) is 14.4. The number of rotatable bonds is 5. The second-order valence-corrected chi connectivity index (χ2v) is 4.77. The molecule has 2 aromatic carbocycles. The average molecular weight is 286 g/mol. The highest BCUT2D eigenvalue weighted by molar-refractivity contribution is 8.03. The van der Waals surface area contributed by atoms with E-state index < -0.39 is 5.97 Å². The topological polar surface area (TPSA) is 46.5 Å². The number of para-hydroxylation sites is 1. The van der Waals surface area contributed by atoms with E-state index in [9.17, 15) is 9.90 Å². The maximum absolute atomic E-state index is 11.4. The summed E-state index contributed by atoms with van der Waals surface area (Å²) in [5.41, 5.74) is 0.739. The van der Waals surface area contributed by atoms with Crippen LogP contribution < -0.4 is 4.74 Å². The Morgan fingerprint density at radius 3 is 2.05 bits per heavy atom. The number of aliphatic carboxylic acids is 1. The van der Waals surface area contributed by atoms with Gasteiger partial charge in [-0.1, -0.05) is 48.5 Å². The minimum atomic E-state index is -0.993. The first-order valence-corrected chi connectivity index (χ1v) is 7.24. The molecule has 102 valence electrons. The first kappa shape index (κ1) is 14.2. The van der Waals surface area contributed by atoms with Gasteiger partial charge in [0.25, 0.3) is 0 Å². The maximum atomic E-state index is 11.4. The van der Waals surface area contributed by atoms with E-state index in [-0.39, 0.29) is 4.91 Å². The van der Waals surface area contributed by atoms with E-state index in [0.29, 0.717) is 11.5 Å². The predicted octanol–water partition coefficient (Wildman–Crippen LogP) is 3.88. The fourth-order valence-corrected chi connectivity index (χ4v) is 2.23. The molecular formula is C16H14O3S. The molecule has 0 heterocycles. The number of ether oxygens (including phenoxy) is 1. The van der Waals surface area contributed by atoms with E-state index in [1.807, 2.05) is 48.5 Å². The lowest BCUT2D eigenvalue weighted by atomic mass is 10.2. The molecule has 0 saturated carbocycles. The number of hydrogen-bond donors (Lipinski definition) is 1. The van der Waals surface area contributed by atoms with Crippen molar-refractivity contribution in [2.75, 3.05) is 6.26 Å². The Bertz CT molecular complexity index is 606. The van der Waals surface area contributed by atoms with Gasteiger partial charge in [0.2, 0.25) is 0 Å². The lowest BCUT2D eigenvalue weighted by molar-refractivity contribution is -0.131. The van der Waals surface area contributed by atoms with Gasteiger partial charge in [-0.3, -0.25) is 0 Å². The molecule has 20 heavy (non-hydrogen) atoms. The van der Waals surface area contributed by atoms with Crippen molar-refractivity contribution in [2.24, 2.45) is 0 Å². The summed E-state index contributed by atoms with van der Waals surface area (Å²) in [6, 6.07) is 18.4. The van der Waals surface area contributed by atoms with Crippen LogP contribution in [0.2, 0.25) is 0 Å². The molecule has 0 atom stereocenters. The highest BCUT2D eigenvalue weighted by Gasteiger charge is 2.17. The van der Waals surface area contributed by atoms with E-state index in [0.717, 1.165) is 17.3 Å². The molecule has 4 heteroatoms. The quantitative estimate of drug-likeness (QED) is 0.669. The number of carbonyl (C=O) groups is 1. The summed E-state index contributed by atoms with van der Waals surface area (Å²) in [5.74, 6) is -0.0248. The molecule has 1 N–H and O–H groups in total. The normalized spacial score (nSPS) is 11.7. The second kappa shape index (κ2) is 6.82. The lowest BCUT2D eigenvalue weighted by Gasteiger charge is -2.13. The van der Waals surface area contributed by atoms with Crippen LogP contribution in [0.1, 0.15) is 5.56 Å². The Balaban J connectivity index is 2.48. The molecule has 0 aliphatic carbocycles. The molecule has 0 bridgehead atoms. The van der Waals surface area contributed by atoms with Gasteiger partial charge >= 0.3 is 5.97 Å². The van der Waals surface area contributed by atoms with Crippen LogP contribution in [0.4, 0.5) is 0 Å². The fraction of sp³-hybridized carbons (Fsp3) is 0.0625. The van der Waals surface area contributed by atoms with E-state index in [4.69, 9.17) is 4.74 Å². The van der Waals surface area contributed by atoms with Crippen LogP contribution >= 0.6 is 11.8 Å². The third kappa shape index (κ3) is 3.42. The molecule has 0 unspecified atom stereocenters. The van der Waals surface area contributed by atoms with Crippen LogP contribution in [0.5, 0.6) is 5.75 Å². The van der Waals surface area contributed by atoms with Crippen molar-refractivity contribution in [3.63, 3.8) is 0 Å². The highest BCUT2D eigenvalue weighted by atomic mass is 32.2. The highest BCUT2D eigenvalue weighted by Crippen LogP contribution is 2.28. The second-order valence-electron chi connectivity index (χ2n) is 3.95. The zero-order valence-corrected chi connectivity index (χ0v) is 11.8. The SMILES string of the molecule is CS/C(C(=O)O)=C(\Oc1ccccc1)c1ccccc1. The van der Waals surface area contributed by atoms with Crippen LogP contribution in [0.15, 0.2) is 65.6 Å². The molecule has 3 nitrogen and oxygen atoms in total. The summed E-state index contributed by atoms with van der Waals surface area (Å²) < 4.78 is 5.79. The summed E-state index contributed by atoms with van der Waals surface area (Å²) in [6.45, 7) is 0. The van der Waals surface area contributed by atoms with E-state index >= 15 is 0 Å². The third-order valence-electron chi connectivity index (χ3n) is 2.60. The Hall–Kier alpha value is -2.20. The van der Waals surface area contributed by atoms with Gasteiger partial charge in [-0.05, 0) is 18.4 Å². The monoisotopic (exact) mass is 286 g/mol. The Kier molecular flexibility index (Phi) is 4.85. The summed E-state index contributed by atoms with van der Waals surface area (Å²) in [5, 5.41) is 9.32. The minimum Gasteiger partial charge on any atom is -0.477 e. The predicted molar refractivity (Wildman–Crippen MR) is 81.6 cm³/mol. The van der Waals surface area contributed by atoms with E-state index in [1.54, 1.807) is 18.4 Å². The molecule has 2 rings (SSSR count). The van der Waals surface area contributed by atoms with Gasteiger partial charge < -0.3 is 9.84 Å². The number of hydrogen-bond acceptors (Lipinski definition) is 3. The molecule has 0 saturated heterocycles. The summed E-state index contributed by atoms with van der Waals surface area (Å²) >= 11 is 1.16. The Morgan fingerprint density at radius 1 is 1.00 bits per heavy atom. The lowest BCUT2D eigenvalue weighted by Crippen LogP contribution is -2.05. The summed E-state index contributed by atoms with van der Waals surface area (Å²) in [6.07, 6.45) is 1.72. The molecular weight excluding hydrogens is 272 g/mol. The molecule has 0 fully saturated rings. The van der Waals surface area contributed by atoms with Crippen LogP contribution in [0.3, 0.4) is 0 Å². The number of thioether (sulfide) groups is 1. The van der Waals surface area contributed by atoms with Crippen molar-refractivity contribution in [1.29, 1.82) is 0 Å². The van der Waals surface area contributed by atoms with Gasteiger partial charge in [0, 0.05) is 5.56 Å². The largest absolute Gasteiger partial charge is 0.477 e. The Labute approximate surface area is 121 Å².